The first-order valence-corrected chi connectivity index (χ1v) is 8.30. The Hall–Kier alpha value is -1.88. The van der Waals surface area contributed by atoms with Crippen molar-refractivity contribution in [1.29, 1.82) is 0 Å². The van der Waals surface area contributed by atoms with Crippen LogP contribution in [0.3, 0.4) is 0 Å². The number of carbonyl (C=O) groups excluding carboxylic acids is 2. The number of carbonyl (C=O) groups is 2. The molecule has 0 aliphatic carbocycles. The molecule has 0 radical (unpaired) electrons. The topological polar surface area (TPSA) is 66.6 Å². The normalized spacial score (nSPS) is 24.8. The third kappa shape index (κ3) is 3.39. The zero-order chi connectivity index (χ0) is 16.4. The van der Waals surface area contributed by atoms with Gasteiger partial charge in [-0.2, -0.15) is 0 Å². The molecule has 2 heterocycles. The van der Waals surface area contributed by atoms with Crippen molar-refractivity contribution in [2.45, 2.75) is 25.2 Å². The van der Waals surface area contributed by atoms with Crippen LogP contribution in [0.5, 0.6) is 0 Å². The van der Waals surface area contributed by atoms with Gasteiger partial charge in [0.05, 0.1) is 12.5 Å². The third-order valence-electron chi connectivity index (χ3n) is 5.38. The van der Waals surface area contributed by atoms with E-state index in [1.165, 1.54) is 0 Å². The van der Waals surface area contributed by atoms with Crippen LogP contribution in [0.15, 0.2) is 30.3 Å². The number of likely N-dealkylation sites (tertiary alicyclic amines) is 2. The van der Waals surface area contributed by atoms with E-state index in [0.29, 0.717) is 6.54 Å². The summed E-state index contributed by atoms with van der Waals surface area (Å²) < 4.78 is 0. The van der Waals surface area contributed by atoms with Gasteiger partial charge in [-0.15, -0.1) is 0 Å². The summed E-state index contributed by atoms with van der Waals surface area (Å²) in [4.78, 5) is 27.7. The first kappa shape index (κ1) is 16.0. The van der Waals surface area contributed by atoms with Gasteiger partial charge in [-0.1, -0.05) is 30.3 Å². The number of likely N-dealkylation sites (N-methyl/N-ethyl adjacent to an activating group) is 1. The predicted octanol–water partition coefficient (Wildman–Crippen LogP) is 1.20. The lowest BCUT2D eigenvalue weighted by Crippen LogP contribution is -2.53. The number of piperidine rings is 2. The van der Waals surface area contributed by atoms with Crippen LogP contribution in [-0.4, -0.2) is 54.8 Å². The average Bonchev–Trinajstić information content (AvgIpc) is 2.54. The SMILES string of the molecule is CN1CC2(CCN(CC(N)=O)CC2)C[C@H](c2ccccc2)C1=O. The van der Waals surface area contributed by atoms with E-state index in [1.54, 1.807) is 0 Å². The molecule has 2 aliphatic rings. The van der Waals surface area contributed by atoms with Crippen molar-refractivity contribution in [3.63, 3.8) is 0 Å². The lowest BCUT2D eigenvalue weighted by molar-refractivity contribution is -0.139. The van der Waals surface area contributed by atoms with Gasteiger partial charge in [0.1, 0.15) is 0 Å². The van der Waals surface area contributed by atoms with Crippen LogP contribution in [0.1, 0.15) is 30.7 Å². The molecule has 1 atom stereocenters. The van der Waals surface area contributed by atoms with Gasteiger partial charge < -0.3 is 10.6 Å². The lowest BCUT2D eigenvalue weighted by Gasteiger charge is -2.49. The molecular weight excluding hydrogens is 290 g/mol. The Balaban J connectivity index is 1.74. The molecule has 2 fully saturated rings. The summed E-state index contributed by atoms with van der Waals surface area (Å²) in [7, 11) is 1.91. The molecule has 23 heavy (non-hydrogen) atoms. The Morgan fingerprint density at radius 2 is 1.91 bits per heavy atom. The van der Waals surface area contributed by atoms with Gasteiger partial charge in [0.15, 0.2) is 0 Å². The molecular formula is C18H25N3O2. The van der Waals surface area contributed by atoms with Crippen molar-refractivity contribution in [2.75, 3.05) is 33.2 Å². The van der Waals surface area contributed by atoms with Crippen molar-refractivity contribution in [3.8, 4) is 0 Å². The van der Waals surface area contributed by atoms with Crippen LogP contribution in [0.4, 0.5) is 0 Å². The minimum absolute atomic E-state index is 0.0439. The summed E-state index contributed by atoms with van der Waals surface area (Å²) in [6.45, 7) is 2.92. The molecule has 3 rings (SSSR count). The fraction of sp³-hybridized carbons (Fsp3) is 0.556. The molecule has 0 saturated carbocycles. The molecule has 1 aromatic rings. The first-order chi connectivity index (χ1) is 11.0. The van der Waals surface area contributed by atoms with Crippen LogP contribution in [0.2, 0.25) is 0 Å². The van der Waals surface area contributed by atoms with Crippen LogP contribution in [-0.2, 0) is 9.59 Å². The monoisotopic (exact) mass is 315 g/mol. The maximum Gasteiger partial charge on any atom is 0.231 e. The highest BCUT2D eigenvalue weighted by molar-refractivity contribution is 5.84. The fourth-order valence-corrected chi connectivity index (χ4v) is 4.15. The second-order valence-corrected chi connectivity index (χ2v) is 7.10. The minimum atomic E-state index is -0.265. The van der Waals surface area contributed by atoms with E-state index in [2.05, 4.69) is 17.0 Å². The molecule has 1 spiro atoms. The van der Waals surface area contributed by atoms with Crippen molar-refractivity contribution < 1.29 is 9.59 Å². The van der Waals surface area contributed by atoms with Crippen molar-refractivity contribution in [1.82, 2.24) is 9.80 Å². The highest BCUT2D eigenvalue weighted by Crippen LogP contribution is 2.45. The molecule has 124 valence electrons. The number of rotatable bonds is 3. The number of hydrogen-bond donors (Lipinski definition) is 1. The highest BCUT2D eigenvalue weighted by Gasteiger charge is 2.45. The number of primary amides is 1. The zero-order valence-electron chi connectivity index (χ0n) is 13.7. The van der Waals surface area contributed by atoms with Crippen LogP contribution >= 0.6 is 0 Å². The van der Waals surface area contributed by atoms with Gasteiger partial charge in [0.25, 0.3) is 0 Å². The lowest BCUT2D eigenvalue weighted by atomic mass is 9.68. The van der Waals surface area contributed by atoms with Gasteiger partial charge in [-0.3, -0.25) is 14.5 Å². The largest absolute Gasteiger partial charge is 0.369 e. The molecule has 5 heteroatoms. The Bertz CT molecular complexity index is 579. The fourth-order valence-electron chi connectivity index (χ4n) is 4.15. The number of nitrogens with zero attached hydrogens (tertiary/aromatic N) is 2. The van der Waals surface area contributed by atoms with E-state index in [4.69, 9.17) is 5.73 Å². The number of amides is 2. The van der Waals surface area contributed by atoms with Gasteiger partial charge in [-0.05, 0) is 43.3 Å². The van der Waals surface area contributed by atoms with Crippen LogP contribution in [0.25, 0.3) is 0 Å². The van der Waals surface area contributed by atoms with Gasteiger partial charge in [0, 0.05) is 13.6 Å². The van der Waals surface area contributed by atoms with Crippen molar-refractivity contribution >= 4 is 11.8 Å². The van der Waals surface area contributed by atoms with Gasteiger partial charge in [0.2, 0.25) is 11.8 Å². The summed E-state index contributed by atoms with van der Waals surface area (Å²) in [5.74, 6) is -0.0851. The minimum Gasteiger partial charge on any atom is -0.369 e. The summed E-state index contributed by atoms with van der Waals surface area (Å²) in [5, 5.41) is 0. The van der Waals surface area contributed by atoms with Crippen molar-refractivity contribution in [3.05, 3.63) is 35.9 Å². The first-order valence-electron chi connectivity index (χ1n) is 8.30. The molecule has 0 aromatic heterocycles. The van der Waals surface area contributed by atoms with E-state index in [-0.39, 0.29) is 23.1 Å². The van der Waals surface area contributed by atoms with E-state index < -0.39 is 0 Å². The predicted molar refractivity (Wildman–Crippen MR) is 88.7 cm³/mol. The van der Waals surface area contributed by atoms with Gasteiger partial charge in [-0.25, -0.2) is 0 Å². The van der Waals surface area contributed by atoms with E-state index in [0.717, 1.165) is 44.5 Å². The Kier molecular flexibility index (Phi) is 4.39. The molecule has 2 N–H and O–H groups in total. The summed E-state index contributed by atoms with van der Waals surface area (Å²) in [5.41, 5.74) is 6.58. The molecule has 0 unspecified atom stereocenters. The number of hydrogen-bond acceptors (Lipinski definition) is 3. The maximum absolute atomic E-state index is 12.6. The third-order valence-corrected chi connectivity index (χ3v) is 5.38. The van der Waals surface area contributed by atoms with Crippen LogP contribution in [0, 0.1) is 5.41 Å². The Morgan fingerprint density at radius 1 is 1.26 bits per heavy atom. The van der Waals surface area contributed by atoms with E-state index >= 15 is 0 Å². The smallest absolute Gasteiger partial charge is 0.231 e. The zero-order valence-corrected chi connectivity index (χ0v) is 13.7. The van der Waals surface area contributed by atoms with Gasteiger partial charge >= 0.3 is 0 Å². The second kappa shape index (κ2) is 6.32. The number of benzene rings is 1. The quantitative estimate of drug-likeness (QED) is 0.911. The molecule has 5 nitrogen and oxygen atoms in total. The van der Waals surface area contributed by atoms with E-state index in [9.17, 15) is 9.59 Å². The summed E-state index contributed by atoms with van der Waals surface area (Å²) >= 11 is 0. The molecule has 2 amide bonds. The number of nitrogens with two attached hydrogens (primary N) is 1. The van der Waals surface area contributed by atoms with E-state index in [1.807, 2.05) is 30.1 Å². The molecule has 1 aromatic carbocycles. The van der Waals surface area contributed by atoms with Crippen molar-refractivity contribution in [2.24, 2.45) is 11.1 Å². The Labute approximate surface area is 137 Å². The van der Waals surface area contributed by atoms with Crippen LogP contribution < -0.4 is 5.73 Å². The summed E-state index contributed by atoms with van der Waals surface area (Å²) in [6.07, 6.45) is 2.94. The standard InChI is InChI=1S/C18H25N3O2/c1-20-13-18(7-9-21(10-8-18)12-16(19)22)11-15(17(20)23)14-5-3-2-4-6-14/h2-6,15H,7-13H2,1H3,(H2,19,22)/t15-/m1/s1. The summed E-state index contributed by atoms with van der Waals surface area (Å²) in [6, 6.07) is 10.1. The maximum atomic E-state index is 12.6. The highest BCUT2D eigenvalue weighted by atomic mass is 16.2. The molecule has 2 aliphatic heterocycles. The average molecular weight is 315 g/mol. The second-order valence-electron chi connectivity index (χ2n) is 7.10. The molecule has 0 bridgehead atoms. The Morgan fingerprint density at radius 3 is 2.52 bits per heavy atom. The molecule has 2 saturated heterocycles.